The molecule has 0 N–H and O–H groups in total. The Hall–Kier alpha value is -1.44. The number of sulfone groups is 1. The smallest absolute Gasteiger partial charge is 0.185 e. The van der Waals surface area contributed by atoms with Gasteiger partial charge in [-0.1, -0.05) is 39.8 Å². The summed E-state index contributed by atoms with van der Waals surface area (Å²) in [5.74, 6) is 1.51. The first-order chi connectivity index (χ1) is 13.2. The fourth-order valence-electron chi connectivity index (χ4n) is 3.79. The number of aromatic nitrogens is 2. The van der Waals surface area contributed by atoms with Crippen LogP contribution in [0.1, 0.15) is 45.6 Å². The van der Waals surface area contributed by atoms with E-state index in [0.717, 1.165) is 17.0 Å². The molecular formula is C21H31N3O2S2. The van der Waals surface area contributed by atoms with E-state index in [0.29, 0.717) is 30.7 Å². The number of rotatable bonds is 7. The van der Waals surface area contributed by atoms with Crippen LogP contribution >= 0.6 is 12.2 Å². The number of nitrogens with zero attached hydrogens (tertiary/aromatic N) is 3. The van der Waals surface area contributed by atoms with Crippen molar-refractivity contribution in [3.63, 3.8) is 0 Å². The van der Waals surface area contributed by atoms with Gasteiger partial charge in [-0.15, -0.1) is 0 Å². The molecule has 0 saturated carbocycles. The van der Waals surface area contributed by atoms with Gasteiger partial charge in [-0.25, -0.2) is 8.42 Å². The average Bonchev–Trinajstić information content (AvgIpc) is 3.16. The monoisotopic (exact) mass is 421 g/mol. The molecular weight excluding hydrogens is 390 g/mol. The maximum absolute atomic E-state index is 12.0. The van der Waals surface area contributed by atoms with Crippen molar-refractivity contribution in [3.05, 3.63) is 47.0 Å². The van der Waals surface area contributed by atoms with E-state index in [1.165, 1.54) is 5.56 Å². The van der Waals surface area contributed by atoms with Gasteiger partial charge >= 0.3 is 0 Å². The van der Waals surface area contributed by atoms with E-state index in [1.807, 2.05) is 21.5 Å². The fraction of sp³-hybridized carbons (Fsp3) is 0.571. The van der Waals surface area contributed by atoms with E-state index >= 15 is 0 Å². The van der Waals surface area contributed by atoms with Crippen molar-refractivity contribution in [2.75, 3.05) is 18.1 Å². The van der Waals surface area contributed by atoms with Crippen LogP contribution in [0.5, 0.6) is 0 Å². The van der Waals surface area contributed by atoms with Crippen LogP contribution in [0.3, 0.4) is 0 Å². The highest BCUT2D eigenvalue weighted by Gasteiger charge is 2.32. The van der Waals surface area contributed by atoms with Gasteiger partial charge in [0.25, 0.3) is 0 Å². The Balaban J connectivity index is 1.82. The molecule has 1 saturated heterocycles. The van der Waals surface area contributed by atoms with E-state index in [9.17, 15) is 8.42 Å². The number of hydrogen-bond donors (Lipinski definition) is 0. The minimum absolute atomic E-state index is 0.0722. The van der Waals surface area contributed by atoms with Crippen LogP contribution in [-0.4, -0.2) is 46.5 Å². The van der Waals surface area contributed by atoms with Crippen LogP contribution < -0.4 is 0 Å². The summed E-state index contributed by atoms with van der Waals surface area (Å²) in [7, 11) is -2.91. The van der Waals surface area contributed by atoms with E-state index < -0.39 is 9.84 Å². The van der Waals surface area contributed by atoms with Crippen LogP contribution in [0, 0.1) is 10.7 Å². The molecule has 1 aliphatic rings. The molecule has 0 aliphatic carbocycles. The topological polar surface area (TPSA) is 47.2 Å². The molecule has 0 radical (unpaired) electrons. The molecule has 2 aromatic rings. The highest BCUT2D eigenvalue weighted by Crippen LogP contribution is 2.21. The molecule has 7 heteroatoms. The molecule has 0 amide bonds. The lowest BCUT2D eigenvalue weighted by Gasteiger charge is -2.29. The van der Waals surface area contributed by atoms with Gasteiger partial charge in [0.2, 0.25) is 0 Å². The second kappa shape index (κ2) is 8.51. The van der Waals surface area contributed by atoms with Crippen molar-refractivity contribution in [2.45, 2.75) is 52.7 Å². The molecule has 2 heterocycles. The van der Waals surface area contributed by atoms with Gasteiger partial charge in [-0.3, -0.25) is 9.47 Å². The molecule has 0 spiro atoms. The summed E-state index contributed by atoms with van der Waals surface area (Å²) in [4.78, 5) is 2.28. The van der Waals surface area contributed by atoms with E-state index in [-0.39, 0.29) is 11.8 Å². The summed E-state index contributed by atoms with van der Waals surface area (Å²) in [6, 6.07) is 8.57. The van der Waals surface area contributed by atoms with E-state index in [1.54, 1.807) is 0 Å². The van der Waals surface area contributed by atoms with Gasteiger partial charge in [0.05, 0.1) is 18.2 Å². The standard InChI is InChI=1S/C21H31N3O2S2/c1-16(2)13-23(20-9-12-28(25,26)14-20)15-22-10-11-24(21(22)27)19-7-5-18(6-8-19)17(3)4/h5-8,10-11,16-17,20H,9,12-15H2,1-4H3. The van der Waals surface area contributed by atoms with Crippen LogP contribution in [0.4, 0.5) is 0 Å². The van der Waals surface area contributed by atoms with Crippen molar-refractivity contribution in [3.8, 4) is 5.69 Å². The van der Waals surface area contributed by atoms with Crippen LogP contribution in [0.25, 0.3) is 5.69 Å². The third kappa shape index (κ3) is 4.93. The van der Waals surface area contributed by atoms with E-state index in [2.05, 4.69) is 56.9 Å². The number of hydrogen-bond acceptors (Lipinski definition) is 4. The summed E-state index contributed by atoms with van der Waals surface area (Å²) in [6.07, 6.45) is 4.70. The summed E-state index contributed by atoms with van der Waals surface area (Å²) in [5, 5.41) is 0. The third-order valence-corrected chi connectivity index (χ3v) is 7.53. The Morgan fingerprint density at radius 3 is 2.36 bits per heavy atom. The first-order valence-electron chi connectivity index (χ1n) is 9.99. The van der Waals surface area contributed by atoms with Gasteiger partial charge < -0.3 is 4.57 Å². The van der Waals surface area contributed by atoms with Crippen molar-refractivity contribution in [1.29, 1.82) is 0 Å². The van der Waals surface area contributed by atoms with Crippen LogP contribution in [0.15, 0.2) is 36.7 Å². The minimum atomic E-state index is -2.91. The maximum atomic E-state index is 12.0. The summed E-state index contributed by atoms with van der Waals surface area (Å²) in [6.45, 7) is 10.2. The summed E-state index contributed by atoms with van der Waals surface area (Å²) < 4.78 is 28.7. The minimum Gasteiger partial charge on any atom is -0.310 e. The molecule has 1 atom stereocenters. The molecule has 1 unspecified atom stereocenters. The second-order valence-electron chi connectivity index (χ2n) is 8.53. The lowest BCUT2D eigenvalue weighted by atomic mass is 10.0. The number of benzene rings is 1. The van der Waals surface area contributed by atoms with Gasteiger partial charge in [0.1, 0.15) is 0 Å². The van der Waals surface area contributed by atoms with Crippen molar-refractivity contribution in [1.82, 2.24) is 14.0 Å². The molecule has 28 heavy (non-hydrogen) atoms. The van der Waals surface area contributed by atoms with Crippen LogP contribution in [-0.2, 0) is 16.5 Å². The lowest BCUT2D eigenvalue weighted by molar-refractivity contribution is 0.145. The van der Waals surface area contributed by atoms with E-state index in [4.69, 9.17) is 12.2 Å². The molecule has 3 rings (SSSR count). The Bertz CT molecular complexity index is 956. The predicted octanol–water partition coefficient (Wildman–Crippen LogP) is 4.23. The average molecular weight is 422 g/mol. The Kier molecular flexibility index (Phi) is 6.47. The molecule has 1 aromatic heterocycles. The Morgan fingerprint density at radius 2 is 1.82 bits per heavy atom. The zero-order valence-corrected chi connectivity index (χ0v) is 18.8. The second-order valence-corrected chi connectivity index (χ2v) is 11.1. The van der Waals surface area contributed by atoms with Gasteiger partial charge in [0.15, 0.2) is 14.6 Å². The SMILES string of the molecule is CC(C)CN(Cn1ccn(-c2ccc(C(C)C)cc2)c1=S)C1CCS(=O)(=O)C1. The zero-order chi connectivity index (χ0) is 20.5. The predicted molar refractivity (Wildman–Crippen MR) is 117 cm³/mol. The first-order valence-corrected chi connectivity index (χ1v) is 12.2. The highest BCUT2D eigenvalue weighted by atomic mass is 32.2. The molecule has 1 aliphatic heterocycles. The quantitative estimate of drug-likeness (QED) is 0.628. The molecule has 154 valence electrons. The van der Waals surface area contributed by atoms with Gasteiger partial charge in [-0.05, 0) is 48.2 Å². The number of imidazole rings is 1. The molecule has 1 fully saturated rings. The normalized spacial score (nSPS) is 19.2. The summed E-state index contributed by atoms with van der Waals surface area (Å²) in [5.41, 5.74) is 2.35. The Morgan fingerprint density at radius 1 is 1.14 bits per heavy atom. The van der Waals surface area contributed by atoms with Crippen LogP contribution in [0.2, 0.25) is 0 Å². The highest BCUT2D eigenvalue weighted by molar-refractivity contribution is 7.91. The van der Waals surface area contributed by atoms with Crippen molar-refractivity contribution in [2.24, 2.45) is 5.92 Å². The molecule has 1 aromatic carbocycles. The fourth-order valence-corrected chi connectivity index (χ4v) is 5.83. The van der Waals surface area contributed by atoms with Crippen molar-refractivity contribution >= 4 is 22.1 Å². The molecule has 0 bridgehead atoms. The molecule has 5 nitrogen and oxygen atoms in total. The van der Waals surface area contributed by atoms with Gasteiger partial charge in [-0.2, -0.15) is 0 Å². The first kappa shape index (κ1) is 21.3. The maximum Gasteiger partial charge on any atom is 0.185 e. The van der Waals surface area contributed by atoms with Crippen molar-refractivity contribution < 1.29 is 8.42 Å². The zero-order valence-electron chi connectivity index (χ0n) is 17.2. The largest absolute Gasteiger partial charge is 0.310 e. The lowest BCUT2D eigenvalue weighted by Crippen LogP contribution is -2.40. The third-order valence-electron chi connectivity index (χ3n) is 5.34. The summed E-state index contributed by atoms with van der Waals surface area (Å²) >= 11 is 5.72. The Labute approximate surface area is 173 Å². The van der Waals surface area contributed by atoms with Gasteiger partial charge in [0, 0.05) is 30.7 Å².